The summed E-state index contributed by atoms with van der Waals surface area (Å²) in [5.41, 5.74) is 8.02. The Morgan fingerprint density at radius 2 is 1.15 bits per heavy atom. The van der Waals surface area contributed by atoms with Gasteiger partial charge in [0.25, 0.3) is 0 Å². The predicted octanol–water partition coefficient (Wildman–Crippen LogP) is 7.82. The molecule has 53 heavy (non-hydrogen) atoms. The number of allylic oxidation sites excluding steroid dienone is 21. The summed E-state index contributed by atoms with van der Waals surface area (Å²) in [6.07, 6.45) is 24.0. The molecule has 1 saturated heterocycles. The van der Waals surface area contributed by atoms with Crippen LogP contribution >= 0.6 is 0 Å². The Morgan fingerprint density at radius 3 is 1.66 bits per heavy atom. The zero-order chi connectivity index (χ0) is 39.7. The molecule has 0 amide bonds. The Labute approximate surface area is 318 Å². The van der Waals surface area contributed by atoms with Gasteiger partial charge in [0.1, 0.15) is 24.4 Å². The number of ketones is 1. The van der Waals surface area contributed by atoms with Crippen molar-refractivity contribution in [2.45, 2.75) is 125 Å². The molecule has 1 aliphatic heterocycles. The van der Waals surface area contributed by atoms with Crippen LogP contribution in [0.1, 0.15) is 88.5 Å². The van der Waals surface area contributed by atoms with Gasteiger partial charge in [-0.2, -0.15) is 0 Å². The molecule has 1 fully saturated rings. The largest absolute Gasteiger partial charge is 0.394 e. The molecule has 3 rings (SSSR count). The summed E-state index contributed by atoms with van der Waals surface area (Å²) < 4.78 is 5.76. The standard InChI is InChI=1S/C46H64O7/c1-29(17-13-19-31(3)21-23-37-33(5)25-35(48)26-45(37,7)8)15-11-12-16-30(2)18-14-20-32(4)22-24-38-34(6)40(49)36(27-46(38,9)10)44-43(52)42(51)41(50)39(28-47)53-44/h11-24,35-36,39,41-44,47-48,50-52H,25-28H2,1-10H3. The topological polar surface area (TPSA) is 127 Å². The Bertz CT molecular complexity index is 1660. The van der Waals surface area contributed by atoms with Gasteiger partial charge in [-0.3, -0.25) is 4.79 Å². The molecule has 7 unspecified atom stereocenters. The van der Waals surface area contributed by atoms with Crippen molar-refractivity contribution in [3.63, 3.8) is 0 Å². The van der Waals surface area contributed by atoms with Crippen molar-refractivity contribution in [3.05, 3.63) is 130 Å². The molecule has 290 valence electrons. The summed E-state index contributed by atoms with van der Waals surface area (Å²) >= 11 is 0. The van der Waals surface area contributed by atoms with Crippen LogP contribution in [0, 0.1) is 16.7 Å². The van der Waals surface area contributed by atoms with Crippen molar-refractivity contribution in [1.82, 2.24) is 0 Å². The van der Waals surface area contributed by atoms with Gasteiger partial charge in [0.05, 0.1) is 24.7 Å². The number of aliphatic hydroxyl groups excluding tert-OH is 5. The first kappa shape index (κ1) is 44.0. The van der Waals surface area contributed by atoms with Crippen molar-refractivity contribution >= 4 is 5.78 Å². The molecular formula is C46H64O7. The lowest BCUT2D eigenvalue weighted by Gasteiger charge is -2.46. The Kier molecular flexibility index (Phi) is 16.0. The van der Waals surface area contributed by atoms with E-state index >= 15 is 0 Å². The van der Waals surface area contributed by atoms with E-state index in [1.54, 1.807) is 6.92 Å². The van der Waals surface area contributed by atoms with E-state index in [1.807, 2.05) is 70.2 Å². The summed E-state index contributed by atoms with van der Waals surface area (Å²) in [6.45, 7) is 20.1. The third kappa shape index (κ3) is 12.0. The maximum absolute atomic E-state index is 13.5. The van der Waals surface area contributed by atoms with Gasteiger partial charge in [-0.15, -0.1) is 0 Å². The van der Waals surface area contributed by atoms with Crippen LogP contribution in [0.15, 0.2) is 130 Å². The Balaban J connectivity index is 1.57. The summed E-state index contributed by atoms with van der Waals surface area (Å²) in [7, 11) is 0. The molecule has 0 saturated carbocycles. The summed E-state index contributed by atoms with van der Waals surface area (Å²) in [5.74, 6) is -0.887. The minimum Gasteiger partial charge on any atom is -0.394 e. The van der Waals surface area contributed by atoms with Crippen LogP contribution < -0.4 is 0 Å². The van der Waals surface area contributed by atoms with E-state index in [9.17, 15) is 30.3 Å². The maximum Gasteiger partial charge on any atom is 0.164 e. The van der Waals surface area contributed by atoms with Crippen LogP contribution in [0.5, 0.6) is 0 Å². The van der Waals surface area contributed by atoms with Crippen LogP contribution in [0.2, 0.25) is 0 Å². The summed E-state index contributed by atoms with van der Waals surface area (Å²) in [6, 6.07) is 0. The van der Waals surface area contributed by atoms with Gasteiger partial charge in [0, 0.05) is 0 Å². The highest BCUT2D eigenvalue weighted by molar-refractivity contribution is 5.99. The first-order valence-electron chi connectivity index (χ1n) is 18.8. The number of aliphatic hydroxyl groups is 5. The van der Waals surface area contributed by atoms with Gasteiger partial charge < -0.3 is 30.3 Å². The van der Waals surface area contributed by atoms with Crippen LogP contribution in [-0.4, -0.2) is 74.5 Å². The molecule has 5 N–H and O–H groups in total. The quantitative estimate of drug-likeness (QED) is 0.130. The van der Waals surface area contributed by atoms with Gasteiger partial charge in [0.2, 0.25) is 0 Å². The molecule has 7 heteroatoms. The second-order valence-corrected chi connectivity index (χ2v) is 16.4. The minimum absolute atomic E-state index is 0.0253. The van der Waals surface area contributed by atoms with Crippen molar-refractivity contribution < 1.29 is 35.1 Å². The van der Waals surface area contributed by atoms with Crippen LogP contribution in [0.25, 0.3) is 0 Å². The molecule has 0 aromatic carbocycles. The molecule has 0 radical (unpaired) electrons. The van der Waals surface area contributed by atoms with Crippen molar-refractivity contribution in [2.24, 2.45) is 16.7 Å². The van der Waals surface area contributed by atoms with E-state index in [2.05, 4.69) is 77.2 Å². The molecule has 3 aliphatic rings. The molecule has 7 atom stereocenters. The average Bonchev–Trinajstić information content (AvgIpc) is 3.06. The summed E-state index contributed by atoms with van der Waals surface area (Å²) in [5, 5.41) is 50.9. The zero-order valence-electron chi connectivity index (χ0n) is 33.5. The summed E-state index contributed by atoms with van der Waals surface area (Å²) in [4.78, 5) is 13.5. The highest BCUT2D eigenvalue weighted by atomic mass is 16.5. The van der Waals surface area contributed by atoms with Crippen LogP contribution in [0.4, 0.5) is 0 Å². The van der Waals surface area contributed by atoms with E-state index in [1.165, 1.54) is 16.7 Å². The molecule has 2 aliphatic carbocycles. The molecule has 1 heterocycles. The lowest BCUT2D eigenvalue weighted by Crippen LogP contribution is -2.61. The Morgan fingerprint density at radius 1 is 0.679 bits per heavy atom. The SMILES string of the molecule is CC(C=CC=C(C)C=CC1=C(C)CC(O)CC1(C)C)=CC=CC=C(C)C=CC=C(C)C=CC1=C(C)C(=O)C(C2OC(CO)C(O)C(O)C2O)CC1(C)C. The van der Waals surface area contributed by atoms with E-state index in [4.69, 9.17) is 4.74 Å². The molecular weight excluding hydrogens is 664 g/mol. The third-order valence-electron chi connectivity index (χ3n) is 10.7. The van der Waals surface area contributed by atoms with Crippen molar-refractivity contribution in [1.29, 1.82) is 0 Å². The lowest BCUT2D eigenvalue weighted by atomic mass is 9.65. The van der Waals surface area contributed by atoms with E-state index < -0.39 is 48.5 Å². The molecule has 0 aromatic rings. The molecule has 0 aromatic heterocycles. The van der Waals surface area contributed by atoms with Gasteiger partial charge >= 0.3 is 0 Å². The molecule has 0 bridgehead atoms. The van der Waals surface area contributed by atoms with Crippen molar-refractivity contribution in [3.8, 4) is 0 Å². The van der Waals surface area contributed by atoms with E-state index in [-0.39, 0.29) is 17.3 Å². The number of ether oxygens (including phenoxy) is 1. The van der Waals surface area contributed by atoms with Gasteiger partial charge in [-0.25, -0.2) is 0 Å². The number of hydrogen-bond donors (Lipinski definition) is 5. The van der Waals surface area contributed by atoms with Crippen LogP contribution in [0.3, 0.4) is 0 Å². The van der Waals surface area contributed by atoms with Gasteiger partial charge in [-0.05, 0) is 88.4 Å². The third-order valence-corrected chi connectivity index (χ3v) is 10.7. The monoisotopic (exact) mass is 728 g/mol. The highest BCUT2D eigenvalue weighted by Gasteiger charge is 2.51. The first-order valence-corrected chi connectivity index (χ1v) is 18.8. The Hall–Kier alpha value is -3.43. The molecule has 0 spiro atoms. The molecule has 7 nitrogen and oxygen atoms in total. The van der Waals surface area contributed by atoms with Gasteiger partial charge in [0.15, 0.2) is 5.78 Å². The number of hydrogen-bond acceptors (Lipinski definition) is 7. The fourth-order valence-electron chi connectivity index (χ4n) is 7.70. The fraction of sp³-hybridized carbons (Fsp3) is 0.500. The minimum atomic E-state index is -1.51. The van der Waals surface area contributed by atoms with Gasteiger partial charge in [-0.1, -0.05) is 141 Å². The van der Waals surface area contributed by atoms with Crippen LogP contribution in [-0.2, 0) is 9.53 Å². The number of carbonyl (C=O) groups is 1. The lowest BCUT2D eigenvalue weighted by molar-refractivity contribution is -0.241. The maximum atomic E-state index is 13.5. The smallest absolute Gasteiger partial charge is 0.164 e. The first-order chi connectivity index (χ1) is 24.8. The average molecular weight is 729 g/mol. The number of rotatable bonds is 12. The predicted molar refractivity (Wildman–Crippen MR) is 216 cm³/mol. The second-order valence-electron chi connectivity index (χ2n) is 16.4. The van der Waals surface area contributed by atoms with E-state index in [0.29, 0.717) is 12.0 Å². The van der Waals surface area contributed by atoms with Crippen molar-refractivity contribution in [2.75, 3.05) is 6.61 Å². The number of carbonyl (C=O) groups excluding carboxylic acids is 1. The zero-order valence-corrected chi connectivity index (χ0v) is 33.5. The highest BCUT2D eigenvalue weighted by Crippen LogP contribution is 2.45. The fourth-order valence-corrected chi connectivity index (χ4v) is 7.70. The second kappa shape index (κ2) is 19.2. The van der Waals surface area contributed by atoms with E-state index in [0.717, 1.165) is 35.1 Å². The number of Topliss-reactive ketones (excluding diaryl/α,β-unsaturated/α-hetero) is 1. The normalized spacial score (nSPS) is 31.2.